The average Bonchev–Trinajstić information content (AvgIpc) is 2.48. The Bertz CT molecular complexity index is 613. The summed E-state index contributed by atoms with van der Waals surface area (Å²) < 4.78 is 6.90. The number of hydrogen-bond acceptors (Lipinski definition) is 2. The summed E-state index contributed by atoms with van der Waals surface area (Å²) in [5, 5.41) is 2.94. The smallest absolute Gasteiger partial charge is 0.265 e. The summed E-state index contributed by atoms with van der Waals surface area (Å²) in [4.78, 5) is 12.3. The van der Waals surface area contributed by atoms with Crippen molar-refractivity contribution in [2.75, 3.05) is 5.32 Å². The first-order chi connectivity index (χ1) is 10.1. The van der Waals surface area contributed by atoms with Crippen LogP contribution in [0.3, 0.4) is 0 Å². The van der Waals surface area contributed by atoms with Crippen molar-refractivity contribution in [3.05, 3.63) is 57.7 Å². The maximum Gasteiger partial charge on any atom is 0.265 e. The van der Waals surface area contributed by atoms with Gasteiger partial charge in [-0.25, -0.2) is 0 Å². The highest BCUT2D eigenvalue weighted by Gasteiger charge is 2.19. The number of halogens is 1. The number of ether oxygens (including phenoxy) is 1. The van der Waals surface area contributed by atoms with Gasteiger partial charge in [0.25, 0.3) is 5.91 Å². The molecule has 0 spiro atoms. The van der Waals surface area contributed by atoms with Crippen molar-refractivity contribution in [3.63, 3.8) is 0 Å². The Morgan fingerprint density at radius 1 is 1.24 bits per heavy atom. The van der Waals surface area contributed by atoms with E-state index in [1.807, 2.05) is 62.4 Å². The molecule has 2 rings (SSSR count). The van der Waals surface area contributed by atoms with Gasteiger partial charge in [-0.05, 0) is 71.8 Å². The van der Waals surface area contributed by atoms with Gasteiger partial charge in [0, 0.05) is 9.26 Å². The predicted octanol–water partition coefficient (Wildman–Crippen LogP) is 4.40. The zero-order chi connectivity index (χ0) is 15.2. The molecule has 2 aromatic carbocycles. The van der Waals surface area contributed by atoms with E-state index in [9.17, 15) is 4.79 Å². The van der Waals surface area contributed by atoms with Gasteiger partial charge in [-0.2, -0.15) is 0 Å². The summed E-state index contributed by atoms with van der Waals surface area (Å²) in [5.74, 6) is 0.587. The van der Waals surface area contributed by atoms with E-state index in [0.717, 1.165) is 14.8 Å². The molecule has 0 unspecified atom stereocenters. The molecule has 0 aliphatic heterocycles. The van der Waals surface area contributed by atoms with E-state index in [1.165, 1.54) is 0 Å². The number of carbonyl (C=O) groups excluding carboxylic acids is 1. The first-order valence-electron chi connectivity index (χ1n) is 6.89. The normalized spacial score (nSPS) is 11.8. The third-order valence-corrected chi connectivity index (χ3v) is 3.80. The molecule has 1 amide bonds. The van der Waals surface area contributed by atoms with Crippen LogP contribution >= 0.6 is 22.6 Å². The second-order valence-electron chi connectivity index (χ2n) is 4.78. The lowest BCUT2D eigenvalue weighted by molar-refractivity contribution is -0.122. The summed E-state index contributed by atoms with van der Waals surface area (Å²) in [6.45, 7) is 3.92. The molecule has 0 saturated heterocycles. The van der Waals surface area contributed by atoms with Crippen LogP contribution in [0.1, 0.15) is 18.9 Å². The second-order valence-corrected chi connectivity index (χ2v) is 6.02. The predicted molar refractivity (Wildman–Crippen MR) is 93.7 cm³/mol. The highest BCUT2D eigenvalue weighted by molar-refractivity contribution is 14.1. The number of rotatable bonds is 5. The van der Waals surface area contributed by atoms with Crippen LogP contribution in [0.4, 0.5) is 5.69 Å². The van der Waals surface area contributed by atoms with Crippen LogP contribution in [0.25, 0.3) is 0 Å². The van der Waals surface area contributed by atoms with Gasteiger partial charge in [0.15, 0.2) is 6.10 Å². The number of para-hydroxylation sites is 1. The van der Waals surface area contributed by atoms with Crippen molar-refractivity contribution in [1.82, 2.24) is 0 Å². The molecule has 110 valence electrons. The molecule has 1 atom stereocenters. The monoisotopic (exact) mass is 395 g/mol. The Kier molecular flexibility index (Phi) is 5.61. The molecule has 0 radical (unpaired) electrons. The largest absolute Gasteiger partial charge is 0.481 e. The van der Waals surface area contributed by atoms with Crippen molar-refractivity contribution in [2.45, 2.75) is 26.4 Å². The van der Waals surface area contributed by atoms with E-state index >= 15 is 0 Å². The van der Waals surface area contributed by atoms with Crippen molar-refractivity contribution in [3.8, 4) is 5.75 Å². The molecule has 0 aliphatic carbocycles. The van der Waals surface area contributed by atoms with Gasteiger partial charge < -0.3 is 10.1 Å². The summed E-state index contributed by atoms with van der Waals surface area (Å²) in [6, 6.07) is 15.3. The van der Waals surface area contributed by atoms with Crippen molar-refractivity contribution >= 4 is 34.2 Å². The number of benzene rings is 2. The molecule has 21 heavy (non-hydrogen) atoms. The molecule has 0 aliphatic rings. The average molecular weight is 395 g/mol. The lowest BCUT2D eigenvalue weighted by atomic mass is 10.2. The molecular weight excluding hydrogens is 377 g/mol. The van der Waals surface area contributed by atoms with Crippen molar-refractivity contribution < 1.29 is 9.53 Å². The molecule has 0 saturated carbocycles. The zero-order valence-corrected chi connectivity index (χ0v) is 14.3. The summed E-state index contributed by atoms with van der Waals surface area (Å²) in [5.41, 5.74) is 1.88. The second kappa shape index (κ2) is 7.45. The molecular formula is C17H18INO2. The Hall–Kier alpha value is -1.56. The number of hydrogen-bond donors (Lipinski definition) is 1. The van der Waals surface area contributed by atoms with Crippen LogP contribution < -0.4 is 10.1 Å². The van der Waals surface area contributed by atoms with E-state index in [-0.39, 0.29) is 5.91 Å². The van der Waals surface area contributed by atoms with E-state index in [4.69, 9.17) is 4.74 Å². The fourth-order valence-electron chi connectivity index (χ4n) is 1.97. The van der Waals surface area contributed by atoms with E-state index < -0.39 is 6.10 Å². The van der Waals surface area contributed by atoms with E-state index in [0.29, 0.717) is 12.2 Å². The summed E-state index contributed by atoms with van der Waals surface area (Å²) in [7, 11) is 0. The molecule has 0 aromatic heterocycles. The Balaban J connectivity index is 2.06. The maximum absolute atomic E-state index is 12.3. The molecule has 3 nitrogen and oxygen atoms in total. The number of nitrogens with one attached hydrogen (secondary N) is 1. The fourth-order valence-corrected chi connectivity index (χ4v) is 2.61. The number of aryl methyl sites for hydroxylation is 1. The first kappa shape index (κ1) is 15.8. The van der Waals surface area contributed by atoms with Crippen LogP contribution in [-0.4, -0.2) is 12.0 Å². The van der Waals surface area contributed by atoms with Crippen LogP contribution in [0.5, 0.6) is 5.75 Å². The minimum atomic E-state index is -0.494. The number of carbonyl (C=O) groups is 1. The van der Waals surface area contributed by atoms with Crippen LogP contribution in [-0.2, 0) is 4.79 Å². The zero-order valence-electron chi connectivity index (χ0n) is 12.1. The van der Waals surface area contributed by atoms with E-state index in [1.54, 1.807) is 0 Å². The van der Waals surface area contributed by atoms with Gasteiger partial charge >= 0.3 is 0 Å². The third-order valence-electron chi connectivity index (χ3n) is 3.13. The van der Waals surface area contributed by atoms with Crippen LogP contribution in [0.15, 0.2) is 48.5 Å². The van der Waals surface area contributed by atoms with Crippen LogP contribution in [0, 0.1) is 10.5 Å². The highest BCUT2D eigenvalue weighted by atomic mass is 127. The molecule has 4 heteroatoms. The highest BCUT2D eigenvalue weighted by Crippen LogP contribution is 2.19. The van der Waals surface area contributed by atoms with Gasteiger partial charge in [-0.1, -0.05) is 25.1 Å². The first-order valence-corrected chi connectivity index (χ1v) is 7.96. The molecule has 2 aromatic rings. The minimum absolute atomic E-state index is 0.120. The number of amides is 1. The lowest BCUT2D eigenvalue weighted by Crippen LogP contribution is -2.32. The maximum atomic E-state index is 12.3. The Morgan fingerprint density at radius 3 is 2.57 bits per heavy atom. The topological polar surface area (TPSA) is 38.3 Å². The SMILES string of the molecule is CC[C@@H](Oc1ccccc1)C(=O)Nc1ccc(I)cc1C. The lowest BCUT2D eigenvalue weighted by Gasteiger charge is -2.18. The molecule has 0 bridgehead atoms. The van der Waals surface area contributed by atoms with Crippen LogP contribution in [0.2, 0.25) is 0 Å². The summed E-state index contributed by atoms with van der Waals surface area (Å²) >= 11 is 2.25. The molecule has 0 fully saturated rings. The molecule has 0 heterocycles. The van der Waals surface area contributed by atoms with Crippen molar-refractivity contribution in [2.24, 2.45) is 0 Å². The third kappa shape index (κ3) is 4.46. The Morgan fingerprint density at radius 2 is 1.95 bits per heavy atom. The van der Waals surface area contributed by atoms with Gasteiger partial charge in [-0.3, -0.25) is 4.79 Å². The standard InChI is InChI=1S/C17H18INO2/c1-3-16(21-14-7-5-4-6-8-14)17(20)19-15-10-9-13(18)11-12(15)2/h4-11,16H,3H2,1-2H3,(H,19,20)/t16-/m1/s1. The quantitative estimate of drug-likeness (QED) is 0.763. The van der Waals surface area contributed by atoms with Gasteiger partial charge in [0.05, 0.1) is 0 Å². The van der Waals surface area contributed by atoms with Gasteiger partial charge in [-0.15, -0.1) is 0 Å². The van der Waals surface area contributed by atoms with Crippen molar-refractivity contribution in [1.29, 1.82) is 0 Å². The Labute approximate surface area is 138 Å². The minimum Gasteiger partial charge on any atom is -0.481 e. The fraction of sp³-hybridized carbons (Fsp3) is 0.235. The van der Waals surface area contributed by atoms with E-state index in [2.05, 4.69) is 27.9 Å². The molecule has 1 N–H and O–H groups in total. The van der Waals surface area contributed by atoms with Gasteiger partial charge in [0.2, 0.25) is 0 Å². The van der Waals surface area contributed by atoms with Gasteiger partial charge in [0.1, 0.15) is 5.75 Å². The summed E-state index contributed by atoms with van der Waals surface area (Å²) in [6.07, 6.45) is 0.121. The number of anilines is 1.